The fraction of sp³-hybridized carbons (Fsp3) is 0.421. The number of likely N-dealkylation sites (tertiary alicyclic amines) is 1. The summed E-state index contributed by atoms with van der Waals surface area (Å²) in [6.45, 7) is 6.16. The molecule has 0 bridgehead atoms. The number of aliphatic hydroxyl groups excluding tert-OH is 1. The molecule has 5 heterocycles. The largest absolute Gasteiger partial charge is 0.490 e. The van der Waals surface area contributed by atoms with Crippen LogP contribution in [0.5, 0.6) is 11.5 Å². The molecule has 0 saturated carbocycles. The first-order chi connectivity index (χ1) is 43.3. The highest BCUT2D eigenvalue weighted by Crippen LogP contribution is 2.27. The number of rotatable bonds is 30. The third kappa shape index (κ3) is 23.6. The maximum Gasteiger partial charge on any atom is 0.220 e. The van der Waals surface area contributed by atoms with Gasteiger partial charge in [0.25, 0.3) is 0 Å². The number of nitrogens with one attached hydrogen (secondary N) is 3. The Hall–Kier alpha value is -7.48. The molecule has 3 saturated heterocycles. The number of aliphatic hydroxyl groups is 1. The van der Waals surface area contributed by atoms with E-state index in [1.54, 1.807) is 12.4 Å². The number of hydrogen-bond donors (Lipinski definition) is 4. The lowest BCUT2D eigenvalue weighted by atomic mass is 9.92. The molecule has 3 aliphatic rings. The van der Waals surface area contributed by atoms with Crippen LogP contribution in [-0.2, 0) is 40.0 Å². The summed E-state index contributed by atoms with van der Waals surface area (Å²) in [5.41, 5.74) is 7.34. The molecule has 88 heavy (non-hydrogen) atoms. The van der Waals surface area contributed by atoms with E-state index in [1.165, 1.54) is 22.3 Å². The number of nitrogens with zero attached hydrogens (tertiary/aromatic N) is 3. The predicted molar refractivity (Wildman–Crippen MR) is 356 cm³/mol. The molecule has 2 aromatic heterocycles. The number of epoxide rings is 1. The molecule has 3 fully saturated rings. The molecule has 0 aliphatic carbocycles. The number of aryl methyl sites for hydroxylation is 4. The van der Waals surface area contributed by atoms with Gasteiger partial charge in [-0.1, -0.05) is 133 Å². The van der Waals surface area contributed by atoms with Gasteiger partial charge in [-0.3, -0.25) is 19.6 Å². The highest BCUT2D eigenvalue weighted by molar-refractivity contribution is 5.85. The first kappa shape index (κ1) is 65.0. The summed E-state index contributed by atoms with van der Waals surface area (Å²) in [7, 11) is 0. The van der Waals surface area contributed by atoms with Crippen molar-refractivity contribution in [1.29, 1.82) is 0 Å². The van der Waals surface area contributed by atoms with E-state index in [9.17, 15) is 14.7 Å². The smallest absolute Gasteiger partial charge is 0.220 e. The number of aromatic nitrogens is 2. The van der Waals surface area contributed by atoms with Crippen LogP contribution in [0.3, 0.4) is 0 Å². The first-order valence-electron chi connectivity index (χ1n) is 32.8. The quantitative estimate of drug-likeness (QED) is 0.0320. The number of piperidine rings is 2. The van der Waals surface area contributed by atoms with Crippen LogP contribution in [0.15, 0.2) is 194 Å². The number of fused-ring (bicyclic) bond motifs is 2. The van der Waals surface area contributed by atoms with Crippen LogP contribution in [0.4, 0.5) is 0 Å². The summed E-state index contributed by atoms with van der Waals surface area (Å²) in [5.74, 6) is 3.00. The van der Waals surface area contributed by atoms with Crippen molar-refractivity contribution in [2.24, 2.45) is 11.8 Å². The van der Waals surface area contributed by atoms with Crippen LogP contribution in [0.1, 0.15) is 112 Å². The van der Waals surface area contributed by atoms with Crippen LogP contribution >= 0.6 is 0 Å². The second-order valence-electron chi connectivity index (χ2n) is 24.3. The number of hydrogen-bond acceptors (Lipinski definition) is 10. The standard InChI is InChI=1S/C38H47N3O3.C26H36N2O.C12H11NO2/c42-34(29-44-37-21-9-20-36-35(37)19-10-24-39-36)28-41-25-22-32(23-26-41)27-38(43)40-33(17-7-15-30-11-3-1-4-12-30)18-8-16-31-13-5-2-6-14-31;29-26(21-24-17-19-27-20-18-24)28-25(15-7-13-22-9-3-1-4-10-22)16-8-14-23-11-5-2-6-12-23;1-4-11-10(3-2-6-13-11)12(5-1)15-8-9-7-14-9/h1-6,9-14,19-21,24,32-34,42H,7-8,15-18,22-23,25-29H2,(H,40,43);1-6,9-12,24-25,27H,7-8,13-21H2,(H,28,29);1-6,9H,7-8H2/t;;9-/m..1/s1. The Balaban J connectivity index is 0.000000178. The molecule has 1 unspecified atom stereocenters. The normalized spacial score (nSPS) is 15.6. The summed E-state index contributed by atoms with van der Waals surface area (Å²) >= 11 is 0. The molecular weight excluding hydrogens is 1090 g/mol. The Morgan fingerprint density at radius 3 is 1.35 bits per heavy atom. The molecule has 12 nitrogen and oxygen atoms in total. The highest BCUT2D eigenvalue weighted by atomic mass is 16.6. The molecule has 2 atom stereocenters. The van der Waals surface area contributed by atoms with Gasteiger partial charge < -0.3 is 40.2 Å². The third-order valence-electron chi connectivity index (χ3n) is 17.2. The lowest BCUT2D eigenvalue weighted by Crippen LogP contribution is -2.42. The highest BCUT2D eigenvalue weighted by Gasteiger charge is 2.26. The number of pyridine rings is 2. The Morgan fingerprint density at radius 2 is 0.932 bits per heavy atom. The van der Waals surface area contributed by atoms with Crippen LogP contribution < -0.4 is 25.4 Å². The van der Waals surface area contributed by atoms with Gasteiger partial charge in [0.1, 0.15) is 36.9 Å². The summed E-state index contributed by atoms with van der Waals surface area (Å²) in [6.07, 6.45) is 21.5. The summed E-state index contributed by atoms with van der Waals surface area (Å²) in [6, 6.07) is 62.6. The van der Waals surface area contributed by atoms with Gasteiger partial charge in [-0.05, 0) is 212 Å². The minimum Gasteiger partial charge on any atom is -0.490 e. The van der Waals surface area contributed by atoms with Crippen LogP contribution in [0.25, 0.3) is 21.8 Å². The average Bonchev–Trinajstić information content (AvgIpc) is 4.48. The molecule has 464 valence electrons. The van der Waals surface area contributed by atoms with Crippen LogP contribution in [0.2, 0.25) is 0 Å². The van der Waals surface area contributed by atoms with E-state index in [0.29, 0.717) is 37.8 Å². The molecule has 12 heteroatoms. The topological polar surface area (TPSA) is 150 Å². The molecule has 0 spiro atoms. The van der Waals surface area contributed by atoms with Gasteiger partial charge in [0.15, 0.2) is 0 Å². The number of β-amino-alcohol motifs (C(OH)–C–C–N with tert-alkyl or cyclic N) is 1. The van der Waals surface area contributed by atoms with Gasteiger partial charge in [-0.25, -0.2) is 0 Å². The minimum absolute atomic E-state index is 0.186. The zero-order chi connectivity index (χ0) is 60.6. The molecule has 11 rings (SSSR count). The average molecular weight is 1190 g/mol. The number of carbonyl (C=O) groups excluding carboxylic acids is 2. The molecular formula is C76H94N6O6. The monoisotopic (exact) mass is 1190 g/mol. The lowest BCUT2D eigenvalue weighted by molar-refractivity contribution is -0.124. The van der Waals surface area contributed by atoms with Gasteiger partial charge in [0.2, 0.25) is 11.8 Å². The van der Waals surface area contributed by atoms with E-state index in [1.807, 2.05) is 60.7 Å². The fourth-order valence-electron chi connectivity index (χ4n) is 12.2. The number of benzene rings is 6. The van der Waals surface area contributed by atoms with E-state index < -0.39 is 6.10 Å². The molecule has 6 aromatic carbocycles. The molecule has 2 amide bonds. The van der Waals surface area contributed by atoms with Crippen molar-refractivity contribution in [3.8, 4) is 11.5 Å². The van der Waals surface area contributed by atoms with Crippen LogP contribution in [0, 0.1) is 11.8 Å². The second-order valence-corrected chi connectivity index (χ2v) is 24.3. The van der Waals surface area contributed by atoms with E-state index in [-0.39, 0.29) is 36.6 Å². The molecule has 4 N–H and O–H groups in total. The van der Waals surface area contributed by atoms with Gasteiger partial charge in [0, 0.05) is 54.6 Å². The van der Waals surface area contributed by atoms with E-state index in [0.717, 1.165) is 169 Å². The molecule has 8 aromatic rings. The number of carbonyl (C=O) groups is 2. The van der Waals surface area contributed by atoms with Gasteiger partial charge in [-0.15, -0.1) is 0 Å². The maximum atomic E-state index is 13.2. The van der Waals surface area contributed by atoms with E-state index in [4.69, 9.17) is 14.2 Å². The Morgan fingerprint density at radius 1 is 0.523 bits per heavy atom. The van der Waals surface area contributed by atoms with Gasteiger partial charge in [0.05, 0.1) is 17.6 Å². The predicted octanol–water partition coefficient (Wildman–Crippen LogP) is 13.5. The number of amides is 2. The first-order valence-corrected chi connectivity index (χ1v) is 32.8. The zero-order valence-corrected chi connectivity index (χ0v) is 51.7. The summed E-state index contributed by atoms with van der Waals surface area (Å²) in [5, 5.41) is 22.9. The summed E-state index contributed by atoms with van der Waals surface area (Å²) < 4.78 is 16.7. The second kappa shape index (κ2) is 36.7. The fourth-order valence-corrected chi connectivity index (χ4v) is 12.2. The van der Waals surface area contributed by atoms with E-state index in [2.05, 4.69) is 152 Å². The Bertz CT molecular complexity index is 3130. The van der Waals surface area contributed by atoms with Crippen molar-refractivity contribution in [3.63, 3.8) is 0 Å². The third-order valence-corrected chi connectivity index (χ3v) is 17.2. The van der Waals surface area contributed by atoms with E-state index >= 15 is 0 Å². The van der Waals surface area contributed by atoms with Crippen molar-refractivity contribution in [2.45, 2.75) is 140 Å². The maximum absolute atomic E-state index is 13.2. The Kier molecular flexibility index (Phi) is 27.1. The van der Waals surface area contributed by atoms with Crippen molar-refractivity contribution >= 4 is 33.6 Å². The lowest BCUT2D eigenvalue weighted by Gasteiger charge is -2.33. The minimum atomic E-state index is -0.575. The van der Waals surface area contributed by atoms with Crippen molar-refractivity contribution in [1.82, 2.24) is 30.8 Å². The summed E-state index contributed by atoms with van der Waals surface area (Å²) in [4.78, 5) is 36.8. The molecule has 3 aliphatic heterocycles. The zero-order valence-electron chi connectivity index (χ0n) is 51.7. The van der Waals surface area contributed by atoms with Crippen molar-refractivity contribution in [3.05, 3.63) is 217 Å². The van der Waals surface area contributed by atoms with Crippen LogP contribution in [-0.4, -0.2) is 109 Å². The van der Waals surface area contributed by atoms with Crippen molar-refractivity contribution in [2.75, 3.05) is 52.5 Å². The van der Waals surface area contributed by atoms with Crippen molar-refractivity contribution < 1.29 is 28.9 Å². The molecule has 0 radical (unpaired) electrons. The number of ether oxygens (including phenoxy) is 3. The SMILES string of the molecule is O=C(CC1CCN(CC(O)COc2cccc3ncccc23)CC1)NC(CCCc1ccccc1)CCCc1ccccc1.O=C(CC1CCNCC1)NC(CCCc1ccccc1)CCCc1ccccc1.c1cc(OC[C@H]2CO2)c2cccnc2c1. The Labute approximate surface area is 523 Å². The van der Waals surface area contributed by atoms with Gasteiger partial charge >= 0.3 is 0 Å². The van der Waals surface area contributed by atoms with Gasteiger partial charge in [-0.2, -0.15) is 0 Å².